The molecule has 124 valence electrons. The molecule has 22 heavy (non-hydrogen) atoms. The number of hydrogen-bond acceptors (Lipinski definition) is 3. The smallest absolute Gasteiger partial charge is 0.219 e. The Balaban J connectivity index is 2.45. The fourth-order valence-corrected chi connectivity index (χ4v) is 3.23. The normalized spacial score (nSPS) is 11.4. The van der Waals surface area contributed by atoms with E-state index in [2.05, 4.69) is 4.72 Å². The van der Waals surface area contributed by atoms with Crippen LogP contribution in [0.3, 0.4) is 0 Å². The molecule has 1 amide bonds. The third-order valence-corrected chi connectivity index (χ3v) is 5.05. The van der Waals surface area contributed by atoms with Crippen molar-refractivity contribution in [2.75, 3.05) is 25.4 Å². The average Bonchev–Trinajstić information content (AvgIpc) is 2.43. The fraction of sp³-hybridized carbons (Fsp3) is 0.533. The summed E-state index contributed by atoms with van der Waals surface area (Å²) in [6, 6.07) is 7.47. The van der Waals surface area contributed by atoms with Gasteiger partial charge in [-0.15, -0.1) is 0 Å². The van der Waals surface area contributed by atoms with Crippen molar-refractivity contribution in [3.63, 3.8) is 0 Å². The molecule has 0 aromatic heterocycles. The van der Waals surface area contributed by atoms with Crippen LogP contribution >= 0.6 is 11.6 Å². The third kappa shape index (κ3) is 7.24. The number of carbonyl (C=O) groups excluding carboxylic acids is 1. The number of amides is 1. The molecule has 1 rings (SSSR count). The Morgan fingerprint density at radius 3 is 2.41 bits per heavy atom. The van der Waals surface area contributed by atoms with E-state index < -0.39 is 10.0 Å². The van der Waals surface area contributed by atoms with E-state index in [4.69, 9.17) is 11.6 Å². The zero-order valence-electron chi connectivity index (χ0n) is 13.0. The van der Waals surface area contributed by atoms with Gasteiger partial charge < -0.3 is 4.90 Å². The first kappa shape index (κ1) is 18.9. The quantitative estimate of drug-likeness (QED) is 0.744. The van der Waals surface area contributed by atoms with E-state index in [1.165, 1.54) is 6.92 Å². The second kappa shape index (κ2) is 9.12. The van der Waals surface area contributed by atoms with Crippen molar-refractivity contribution in [3.05, 3.63) is 34.9 Å². The lowest BCUT2D eigenvalue weighted by Gasteiger charge is -2.21. The predicted molar refractivity (Wildman–Crippen MR) is 89.5 cm³/mol. The van der Waals surface area contributed by atoms with Crippen LogP contribution in [0.2, 0.25) is 5.02 Å². The molecule has 0 fully saturated rings. The van der Waals surface area contributed by atoms with Gasteiger partial charge in [0.05, 0.1) is 5.75 Å². The highest BCUT2D eigenvalue weighted by molar-refractivity contribution is 7.89. The maximum Gasteiger partial charge on any atom is 0.219 e. The second-order valence-electron chi connectivity index (χ2n) is 5.10. The summed E-state index contributed by atoms with van der Waals surface area (Å²) in [5.74, 6) is 0.0429. The van der Waals surface area contributed by atoms with Crippen LogP contribution in [0.1, 0.15) is 25.8 Å². The molecule has 1 aromatic rings. The lowest BCUT2D eigenvalue weighted by Crippen LogP contribution is -2.39. The summed E-state index contributed by atoms with van der Waals surface area (Å²) in [6.07, 6.45) is 1.28. The zero-order valence-corrected chi connectivity index (χ0v) is 14.6. The van der Waals surface area contributed by atoms with E-state index in [1.54, 1.807) is 4.90 Å². The Hall–Kier alpha value is -1.11. The van der Waals surface area contributed by atoms with Gasteiger partial charge in [0, 0.05) is 31.6 Å². The largest absolute Gasteiger partial charge is 0.341 e. The molecular formula is C15H23ClN2O3S. The summed E-state index contributed by atoms with van der Waals surface area (Å²) >= 11 is 5.83. The van der Waals surface area contributed by atoms with Gasteiger partial charge >= 0.3 is 0 Å². The van der Waals surface area contributed by atoms with E-state index >= 15 is 0 Å². The number of benzene rings is 1. The monoisotopic (exact) mass is 346 g/mol. The van der Waals surface area contributed by atoms with Crippen molar-refractivity contribution in [1.29, 1.82) is 0 Å². The van der Waals surface area contributed by atoms with Crippen LogP contribution in [0.4, 0.5) is 0 Å². The summed E-state index contributed by atoms with van der Waals surface area (Å²) in [5, 5.41) is 0.678. The van der Waals surface area contributed by atoms with Crippen molar-refractivity contribution in [2.45, 2.75) is 26.7 Å². The molecule has 0 heterocycles. The molecule has 0 saturated heterocycles. The van der Waals surface area contributed by atoms with Crippen molar-refractivity contribution in [2.24, 2.45) is 0 Å². The maximum absolute atomic E-state index is 11.6. The molecule has 0 bridgehead atoms. The predicted octanol–water partition coefficient (Wildman–Crippen LogP) is 2.06. The molecule has 0 radical (unpaired) electrons. The average molecular weight is 347 g/mol. The van der Waals surface area contributed by atoms with Crippen LogP contribution in [0.5, 0.6) is 0 Å². The maximum atomic E-state index is 11.6. The minimum atomic E-state index is -3.23. The number of nitrogens with one attached hydrogen (secondary N) is 1. The summed E-state index contributed by atoms with van der Waals surface area (Å²) in [6.45, 7) is 4.45. The Kier molecular flexibility index (Phi) is 7.85. The molecule has 5 nitrogen and oxygen atoms in total. The Morgan fingerprint density at radius 2 is 1.86 bits per heavy atom. The van der Waals surface area contributed by atoms with Crippen LogP contribution in [0.25, 0.3) is 0 Å². The molecular weight excluding hydrogens is 324 g/mol. The number of hydrogen-bond donors (Lipinski definition) is 1. The van der Waals surface area contributed by atoms with Gasteiger partial charge in [0.1, 0.15) is 0 Å². The minimum absolute atomic E-state index is 0.0661. The van der Waals surface area contributed by atoms with Crippen LogP contribution in [0.15, 0.2) is 24.3 Å². The highest BCUT2D eigenvalue weighted by atomic mass is 35.5. The molecule has 0 unspecified atom stereocenters. The van der Waals surface area contributed by atoms with E-state index in [-0.39, 0.29) is 18.2 Å². The van der Waals surface area contributed by atoms with Crippen LogP contribution in [0, 0.1) is 0 Å². The summed E-state index contributed by atoms with van der Waals surface area (Å²) in [7, 11) is -3.23. The lowest BCUT2D eigenvalue weighted by molar-refractivity contribution is -0.128. The van der Waals surface area contributed by atoms with Crippen molar-refractivity contribution >= 4 is 27.5 Å². The highest BCUT2D eigenvalue weighted by Gasteiger charge is 2.12. The van der Waals surface area contributed by atoms with E-state index in [1.807, 2.05) is 31.2 Å². The van der Waals surface area contributed by atoms with Gasteiger partial charge in [-0.05, 0) is 30.5 Å². The van der Waals surface area contributed by atoms with Gasteiger partial charge in [-0.1, -0.05) is 30.7 Å². The lowest BCUT2D eigenvalue weighted by atomic mass is 10.1. The molecule has 0 spiro atoms. The minimum Gasteiger partial charge on any atom is -0.341 e. The Morgan fingerprint density at radius 1 is 1.23 bits per heavy atom. The van der Waals surface area contributed by atoms with Gasteiger partial charge in [-0.3, -0.25) is 4.79 Å². The molecule has 1 N–H and O–H groups in total. The van der Waals surface area contributed by atoms with Crippen LogP contribution in [-0.4, -0.2) is 44.6 Å². The highest BCUT2D eigenvalue weighted by Crippen LogP contribution is 2.10. The zero-order chi connectivity index (χ0) is 16.6. The van der Waals surface area contributed by atoms with E-state index in [0.717, 1.165) is 5.56 Å². The number of sulfonamides is 1. The van der Waals surface area contributed by atoms with E-state index in [9.17, 15) is 13.2 Å². The second-order valence-corrected chi connectivity index (χ2v) is 7.46. The molecule has 0 aliphatic carbocycles. The summed E-state index contributed by atoms with van der Waals surface area (Å²) in [4.78, 5) is 13.3. The number of carbonyl (C=O) groups is 1. The van der Waals surface area contributed by atoms with Crippen molar-refractivity contribution < 1.29 is 13.2 Å². The third-order valence-electron chi connectivity index (χ3n) is 3.21. The van der Waals surface area contributed by atoms with Gasteiger partial charge in [0.2, 0.25) is 15.9 Å². The van der Waals surface area contributed by atoms with Gasteiger partial charge in [-0.25, -0.2) is 13.1 Å². The topological polar surface area (TPSA) is 66.5 Å². The first-order valence-corrected chi connectivity index (χ1v) is 9.34. The first-order chi connectivity index (χ1) is 10.3. The first-order valence-electron chi connectivity index (χ1n) is 7.31. The molecule has 7 heteroatoms. The van der Waals surface area contributed by atoms with Crippen LogP contribution in [-0.2, 0) is 21.2 Å². The van der Waals surface area contributed by atoms with E-state index in [0.29, 0.717) is 31.0 Å². The van der Waals surface area contributed by atoms with Crippen molar-refractivity contribution in [3.8, 4) is 0 Å². The molecule has 0 aliphatic heterocycles. The van der Waals surface area contributed by atoms with Gasteiger partial charge in [-0.2, -0.15) is 0 Å². The van der Waals surface area contributed by atoms with Gasteiger partial charge in [0.15, 0.2) is 0 Å². The van der Waals surface area contributed by atoms with Gasteiger partial charge in [0.25, 0.3) is 0 Å². The molecule has 0 atom stereocenters. The Labute approximate surface area is 137 Å². The SMILES string of the molecule is CCCS(=O)(=O)NCCN(CCc1ccc(Cl)cc1)C(C)=O. The number of rotatable bonds is 9. The van der Waals surface area contributed by atoms with Crippen LogP contribution < -0.4 is 4.72 Å². The number of halogens is 1. The number of nitrogens with zero attached hydrogens (tertiary/aromatic N) is 1. The standard InChI is InChI=1S/C15H23ClN2O3S/c1-3-12-22(20,21)17-9-11-18(13(2)19)10-8-14-4-6-15(16)7-5-14/h4-7,17H,3,8-12H2,1-2H3. The molecule has 1 aromatic carbocycles. The van der Waals surface area contributed by atoms with Crippen molar-refractivity contribution in [1.82, 2.24) is 9.62 Å². The Bertz CT molecular complexity index is 573. The fourth-order valence-electron chi connectivity index (χ4n) is 2.02. The molecule has 0 saturated carbocycles. The summed E-state index contributed by atoms with van der Waals surface area (Å²) < 4.78 is 25.6. The molecule has 0 aliphatic rings. The summed E-state index contributed by atoms with van der Waals surface area (Å²) in [5.41, 5.74) is 1.09.